The Morgan fingerprint density at radius 1 is 1.15 bits per heavy atom. The summed E-state index contributed by atoms with van der Waals surface area (Å²) in [4.78, 5) is 24.3. The van der Waals surface area contributed by atoms with Gasteiger partial charge in [-0.2, -0.15) is 0 Å². The molecule has 1 atom stereocenters. The molecule has 2 aromatic rings. The molecule has 26 heavy (non-hydrogen) atoms. The molecule has 2 rings (SSSR count). The predicted molar refractivity (Wildman–Crippen MR) is 100 cm³/mol. The predicted octanol–water partition coefficient (Wildman–Crippen LogP) is 2.78. The Kier molecular flexibility index (Phi) is 7.44. The SMILES string of the molecule is C[C@@H](NC(=O)COC(=O)c1ccccc1NCCO)c1ccccc1Cl. The number of ether oxygens (including phenoxy) is 1. The van der Waals surface area contributed by atoms with E-state index in [2.05, 4.69) is 10.6 Å². The molecular weight excluding hydrogens is 356 g/mol. The minimum Gasteiger partial charge on any atom is -0.452 e. The van der Waals surface area contributed by atoms with Crippen molar-refractivity contribution in [1.82, 2.24) is 5.32 Å². The Morgan fingerprint density at radius 3 is 2.58 bits per heavy atom. The van der Waals surface area contributed by atoms with Gasteiger partial charge in [0.15, 0.2) is 6.61 Å². The molecule has 0 unspecified atom stereocenters. The van der Waals surface area contributed by atoms with Gasteiger partial charge in [0.05, 0.1) is 18.2 Å². The van der Waals surface area contributed by atoms with E-state index in [1.54, 1.807) is 37.3 Å². The van der Waals surface area contributed by atoms with Crippen LogP contribution in [0.1, 0.15) is 28.9 Å². The van der Waals surface area contributed by atoms with Gasteiger partial charge in [0.25, 0.3) is 5.91 Å². The third-order valence-corrected chi connectivity index (χ3v) is 4.00. The van der Waals surface area contributed by atoms with Gasteiger partial charge in [-0.3, -0.25) is 4.79 Å². The highest BCUT2D eigenvalue weighted by molar-refractivity contribution is 6.31. The highest BCUT2D eigenvalue weighted by atomic mass is 35.5. The molecule has 2 aromatic carbocycles. The van der Waals surface area contributed by atoms with Gasteiger partial charge in [-0.25, -0.2) is 4.79 Å². The molecule has 0 radical (unpaired) electrons. The number of aliphatic hydroxyl groups is 1. The van der Waals surface area contributed by atoms with E-state index in [-0.39, 0.29) is 12.6 Å². The number of hydrogen-bond acceptors (Lipinski definition) is 5. The molecular formula is C19H21ClN2O4. The summed E-state index contributed by atoms with van der Waals surface area (Å²) < 4.78 is 5.09. The topological polar surface area (TPSA) is 87.7 Å². The molecule has 0 saturated carbocycles. The zero-order chi connectivity index (χ0) is 18.9. The number of hydrogen-bond donors (Lipinski definition) is 3. The van der Waals surface area contributed by atoms with Gasteiger partial charge in [0.1, 0.15) is 0 Å². The van der Waals surface area contributed by atoms with E-state index in [4.69, 9.17) is 21.4 Å². The van der Waals surface area contributed by atoms with Crippen LogP contribution in [0.25, 0.3) is 0 Å². The number of carbonyl (C=O) groups excluding carboxylic acids is 2. The summed E-state index contributed by atoms with van der Waals surface area (Å²) in [7, 11) is 0. The number of nitrogens with one attached hydrogen (secondary N) is 2. The van der Waals surface area contributed by atoms with E-state index in [1.165, 1.54) is 0 Å². The quantitative estimate of drug-likeness (QED) is 0.616. The fraction of sp³-hybridized carbons (Fsp3) is 0.263. The van der Waals surface area contributed by atoms with Crippen LogP contribution in [-0.2, 0) is 9.53 Å². The van der Waals surface area contributed by atoms with Crippen molar-refractivity contribution in [2.24, 2.45) is 0 Å². The van der Waals surface area contributed by atoms with Gasteiger partial charge in [-0.1, -0.05) is 41.9 Å². The molecule has 138 valence electrons. The zero-order valence-electron chi connectivity index (χ0n) is 14.4. The number of esters is 1. The van der Waals surface area contributed by atoms with Crippen molar-refractivity contribution in [1.29, 1.82) is 0 Å². The summed E-state index contributed by atoms with van der Waals surface area (Å²) in [6.07, 6.45) is 0. The molecule has 6 nitrogen and oxygen atoms in total. The van der Waals surface area contributed by atoms with Crippen LogP contribution in [0.4, 0.5) is 5.69 Å². The Hall–Kier alpha value is -2.57. The Bertz CT molecular complexity index is 767. The maximum absolute atomic E-state index is 12.2. The van der Waals surface area contributed by atoms with Crippen LogP contribution in [-0.4, -0.2) is 36.7 Å². The molecule has 0 bridgehead atoms. The molecule has 0 aliphatic heterocycles. The first-order valence-corrected chi connectivity index (χ1v) is 8.55. The average Bonchev–Trinajstić information content (AvgIpc) is 2.65. The van der Waals surface area contributed by atoms with Gasteiger partial charge in [-0.05, 0) is 30.7 Å². The lowest BCUT2D eigenvalue weighted by molar-refractivity contribution is -0.124. The number of benzene rings is 2. The minimum absolute atomic E-state index is 0.0638. The maximum Gasteiger partial charge on any atom is 0.340 e. The minimum atomic E-state index is -0.619. The van der Waals surface area contributed by atoms with Crippen LogP contribution < -0.4 is 10.6 Å². The lowest BCUT2D eigenvalue weighted by Gasteiger charge is -2.16. The molecule has 3 N–H and O–H groups in total. The summed E-state index contributed by atoms with van der Waals surface area (Å²) in [5.41, 5.74) is 1.62. The first kappa shape index (κ1) is 19.8. The number of carbonyl (C=O) groups is 2. The number of amides is 1. The van der Waals surface area contributed by atoms with E-state index in [0.717, 1.165) is 5.56 Å². The van der Waals surface area contributed by atoms with Crippen molar-refractivity contribution < 1.29 is 19.4 Å². The molecule has 0 aliphatic carbocycles. The summed E-state index contributed by atoms with van der Waals surface area (Å²) in [6.45, 7) is 1.64. The summed E-state index contributed by atoms with van der Waals surface area (Å²) in [5.74, 6) is -1.04. The van der Waals surface area contributed by atoms with E-state index < -0.39 is 18.5 Å². The Labute approximate surface area is 157 Å². The molecule has 0 aliphatic rings. The van der Waals surface area contributed by atoms with E-state index in [0.29, 0.717) is 22.8 Å². The second-order valence-corrected chi connectivity index (χ2v) is 5.99. The molecule has 0 spiro atoms. The Morgan fingerprint density at radius 2 is 1.85 bits per heavy atom. The van der Waals surface area contributed by atoms with Crippen molar-refractivity contribution in [3.63, 3.8) is 0 Å². The van der Waals surface area contributed by atoms with Crippen molar-refractivity contribution in [2.45, 2.75) is 13.0 Å². The fourth-order valence-corrected chi connectivity index (χ4v) is 2.70. The maximum atomic E-state index is 12.2. The van der Waals surface area contributed by atoms with Crippen molar-refractivity contribution in [2.75, 3.05) is 25.1 Å². The zero-order valence-corrected chi connectivity index (χ0v) is 15.1. The lowest BCUT2D eigenvalue weighted by Crippen LogP contribution is -2.31. The second-order valence-electron chi connectivity index (χ2n) is 5.58. The van der Waals surface area contributed by atoms with Gasteiger partial charge in [0, 0.05) is 17.3 Å². The largest absolute Gasteiger partial charge is 0.452 e. The first-order valence-electron chi connectivity index (χ1n) is 8.17. The number of aliphatic hydroxyl groups excluding tert-OH is 1. The summed E-state index contributed by atoms with van der Waals surface area (Å²) in [6, 6.07) is 13.6. The van der Waals surface area contributed by atoms with Gasteiger partial charge >= 0.3 is 5.97 Å². The summed E-state index contributed by atoms with van der Waals surface area (Å²) in [5, 5.41) is 15.1. The number of anilines is 1. The van der Waals surface area contributed by atoms with E-state index >= 15 is 0 Å². The van der Waals surface area contributed by atoms with Gasteiger partial charge in [-0.15, -0.1) is 0 Å². The third-order valence-electron chi connectivity index (χ3n) is 3.66. The molecule has 0 saturated heterocycles. The van der Waals surface area contributed by atoms with Crippen LogP contribution in [0.2, 0.25) is 5.02 Å². The Balaban J connectivity index is 1.91. The average molecular weight is 377 g/mol. The number of para-hydroxylation sites is 1. The molecule has 0 heterocycles. The molecule has 0 aromatic heterocycles. The molecule has 1 amide bonds. The van der Waals surface area contributed by atoms with Crippen molar-refractivity contribution in [3.8, 4) is 0 Å². The number of rotatable bonds is 8. The third kappa shape index (κ3) is 5.47. The fourth-order valence-electron chi connectivity index (χ4n) is 2.40. The lowest BCUT2D eigenvalue weighted by atomic mass is 10.1. The first-order chi connectivity index (χ1) is 12.5. The smallest absolute Gasteiger partial charge is 0.340 e. The van der Waals surface area contributed by atoms with E-state index in [1.807, 2.05) is 18.2 Å². The normalized spacial score (nSPS) is 11.5. The van der Waals surface area contributed by atoms with Crippen LogP contribution in [0.15, 0.2) is 48.5 Å². The standard InChI is InChI=1S/C19H21ClN2O4/c1-13(14-6-2-4-8-16(14)20)22-18(24)12-26-19(25)15-7-3-5-9-17(15)21-10-11-23/h2-9,13,21,23H,10-12H2,1H3,(H,22,24)/t13-/m1/s1. The van der Waals surface area contributed by atoms with Gasteiger partial charge < -0.3 is 20.5 Å². The highest BCUT2D eigenvalue weighted by Crippen LogP contribution is 2.22. The van der Waals surface area contributed by atoms with Crippen LogP contribution in [0.3, 0.4) is 0 Å². The van der Waals surface area contributed by atoms with Crippen LogP contribution >= 0.6 is 11.6 Å². The van der Waals surface area contributed by atoms with Crippen molar-refractivity contribution >= 4 is 29.2 Å². The summed E-state index contributed by atoms with van der Waals surface area (Å²) >= 11 is 6.11. The number of halogens is 1. The van der Waals surface area contributed by atoms with Crippen molar-refractivity contribution in [3.05, 3.63) is 64.7 Å². The molecule has 0 fully saturated rings. The van der Waals surface area contributed by atoms with E-state index in [9.17, 15) is 9.59 Å². The van der Waals surface area contributed by atoms with Crippen LogP contribution in [0, 0.1) is 0 Å². The van der Waals surface area contributed by atoms with Crippen LogP contribution in [0.5, 0.6) is 0 Å². The highest BCUT2D eigenvalue weighted by Gasteiger charge is 2.16. The molecule has 7 heteroatoms. The second kappa shape index (κ2) is 9.79. The van der Waals surface area contributed by atoms with Gasteiger partial charge in [0.2, 0.25) is 0 Å². The monoisotopic (exact) mass is 376 g/mol.